The van der Waals surface area contributed by atoms with Crippen LogP contribution in [0.4, 0.5) is 0 Å². The molecule has 1 unspecified atom stereocenters. The van der Waals surface area contributed by atoms with Gasteiger partial charge in [0.1, 0.15) is 0 Å². The van der Waals surface area contributed by atoms with E-state index in [0.717, 1.165) is 25.9 Å². The minimum absolute atomic E-state index is 0.0214. The molecule has 2 saturated heterocycles. The zero-order valence-corrected chi connectivity index (χ0v) is 13.2. The SMILES string of the molecule is CN(CC(=O)N(C)C1CCS(=O)(=O)C1)C1CCNCC1. The molecule has 0 spiro atoms. The minimum atomic E-state index is -2.94. The first-order valence-electron chi connectivity index (χ1n) is 7.26. The van der Waals surface area contributed by atoms with Crippen molar-refractivity contribution in [2.75, 3.05) is 45.2 Å². The van der Waals surface area contributed by atoms with E-state index in [4.69, 9.17) is 0 Å². The number of hydrogen-bond donors (Lipinski definition) is 1. The molecule has 2 rings (SSSR count). The number of rotatable bonds is 4. The topological polar surface area (TPSA) is 69.7 Å². The van der Waals surface area contributed by atoms with Crippen LogP contribution in [0.15, 0.2) is 0 Å². The van der Waals surface area contributed by atoms with Gasteiger partial charge in [-0.05, 0) is 39.4 Å². The third-order valence-electron chi connectivity index (χ3n) is 4.47. The number of carbonyl (C=O) groups is 1. The van der Waals surface area contributed by atoms with Gasteiger partial charge in [-0.2, -0.15) is 0 Å². The monoisotopic (exact) mass is 303 g/mol. The summed E-state index contributed by atoms with van der Waals surface area (Å²) in [7, 11) is 0.767. The van der Waals surface area contributed by atoms with Gasteiger partial charge in [-0.1, -0.05) is 0 Å². The van der Waals surface area contributed by atoms with E-state index >= 15 is 0 Å². The summed E-state index contributed by atoms with van der Waals surface area (Å²) in [5.41, 5.74) is 0. The maximum atomic E-state index is 12.3. The van der Waals surface area contributed by atoms with Crippen molar-refractivity contribution in [3.63, 3.8) is 0 Å². The van der Waals surface area contributed by atoms with Crippen LogP contribution in [0.3, 0.4) is 0 Å². The molecule has 6 nitrogen and oxygen atoms in total. The van der Waals surface area contributed by atoms with Crippen LogP contribution in [0.1, 0.15) is 19.3 Å². The van der Waals surface area contributed by atoms with Crippen LogP contribution in [-0.4, -0.2) is 81.4 Å². The molecule has 2 fully saturated rings. The third kappa shape index (κ3) is 3.93. The normalized spacial score (nSPS) is 26.9. The van der Waals surface area contributed by atoms with Crippen LogP contribution < -0.4 is 5.32 Å². The summed E-state index contributed by atoms with van der Waals surface area (Å²) in [6.07, 6.45) is 2.69. The van der Waals surface area contributed by atoms with Gasteiger partial charge in [0.2, 0.25) is 5.91 Å². The summed E-state index contributed by atoms with van der Waals surface area (Å²) >= 11 is 0. The largest absolute Gasteiger partial charge is 0.341 e. The number of amides is 1. The van der Waals surface area contributed by atoms with Crippen molar-refractivity contribution in [2.45, 2.75) is 31.3 Å². The van der Waals surface area contributed by atoms with E-state index in [1.807, 2.05) is 7.05 Å². The van der Waals surface area contributed by atoms with E-state index in [0.29, 0.717) is 19.0 Å². The van der Waals surface area contributed by atoms with Crippen LogP contribution in [0.5, 0.6) is 0 Å². The van der Waals surface area contributed by atoms with Gasteiger partial charge in [-0.3, -0.25) is 9.69 Å². The Hall–Kier alpha value is -0.660. The van der Waals surface area contributed by atoms with E-state index in [9.17, 15) is 13.2 Å². The Kier molecular flexibility index (Phi) is 5.04. The predicted molar refractivity (Wildman–Crippen MR) is 78.4 cm³/mol. The van der Waals surface area contributed by atoms with Gasteiger partial charge >= 0.3 is 0 Å². The Labute approximate surface area is 121 Å². The molecule has 1 N–H and O–H groups in total. The van der Waals surface area contributed by atoms with Gasteiger partial charge in [-0.15, -0.1) is 0 Å². The molecule has 0 bridgehead atoms. The molecule has 2 heterocycles. The Morgan fingerprint density at radius 1 is 1.15 bits per heavy atom. The zero-order chi connectivity index (χ0) is 14.8. The quantitative estimate of drug-likeness (QED) is 0.745. The lowest BCUT2D eigenvalue weighted by Gasteiger charge is -2.33. The zero-order valence-electron chi connectivity index (χ0n) is 12.3. The molecule has 7 heteroatoms. The Morgan fingerprint density at radius 2 is 1.80 bits per heavy atom. The second kappa shape index (κ2) is 6.41. The van der Waals surface area contributed by atoms with Gasteiger partial charge in [0.15, 0.2) is 9.84 Å². The lowest BCUT2D eigenvalue weighted by atomic mass is 10.1. The number of likely N-dealkylation sites (N-methyl/N-ethyl adjacent to an activating group) is 2. The molecular weight excluding hydrogens is 278 g/mol. The van der Waals surface area contributed by atoms with Gasteiger partial charge in [0.05, 0.1) is 18.1 Å². The first kappa shape index (κ1) is 15.7. The van der Waals surface area contributed by atoms with E-state index in [2.05, 4.69) is 10.2 Å². The molecule has 1 amide bonds. The minimum Gasteiger partial charge on any atom is -0.341 e. The molecule has 0 aromatic heterocycles. The van der Waals surface area contributed by atoms with E-state index in [1.165, 1.54) is 0 Å². The summed E-state index contributed by atoms with van der Waals surface area (Å²) in [5.74, 6) is 0.347. The second-order valence-corrected chi connectivity index (χ2v) is 8.19. The second-order valence-electron chi connectivity index (χ2n) is 5.96. The highest BCUT2D eigenvalue weighted by Gasteiger charge is 2.33. The fourth-order valence-corrected chi connectivity index (χ4v) is 4.76. The number of nitrogens with one attached hydrogen (secondary N) is 1. The molecule has 0 saturated carbocycles. The fourth-order valence-electron chi connectivity index (χ4n) is 2.99. The molecule has 2 aliphatic heterocycles. The summed E-state index contributed by atoms with van der Waals surface area (Å²) in [6, 6.07) is 0.301. The third-order valence-corrected chi connectivity index (χ3v) is 6.22. The number of sulfone groups is 1. The predicted octanol–water partition coefficient (Wildman–Crippen LogP) is -0.684. The summed E-state index contributed by atoms with van der Waals surface area (Å²) in [4.78, 5) is 16.0. The highest BCUT2D eigenvalue weighted by molar-refractivity contribution is 7.91. The lowest BCUT2D eigenvalue weighted by Crippen LogP contribution is -2.47. The maximum absolute atomic E-state index is 12.3. The van der Waals surface area contributed by atoms with Crippen molar-refractivity contribution >= 4 is 15.7 Å². The average Bonchev–Trinajstić information content (AvgIpc) is 2.79. The molecule has 0 radical (unpaired) electrons. The summed E-state index contributed by atoms with van der Waals surface area (Å²) in [6.45, 7) is 2.37. The number of hydrogen-bond acceptors (Lipinski definition) is 5. The van der Waals surface area contributed by atoms with Crippen molar-refractivity contribution in [2.24, 2.45) is 0 Å². The Bertz CT molecular complexity index is 446. The first-order valence-corrected chi connectivity index (χ1v) is 9.08. The van der Waals surface area contributed by atoms with Crippen molar-refractivity contribution in [1.29, 1.82) is 0 Å². The molecule has 116 valence electrons. The Morgan fingerprint density at radius 3 is 2.35 bits per heavy atom. The standard InChI is InChI=1S/C13H25N3O3S/c1-15(11-3-6-14-7-4-11)9-13(17)16(2)12-5-8-20(18,19)10-12/h11-12,14H,3-10H2,1-2H3. The van der Waals surface area contributed by atoms with E-state index < -0.39 is 9.84 Å². The highest BCUT2D eigenvalue weighted by Crippen LogP contribution is 2.17. The van der Waals surface area contributed by atoms with Crippen LogP contribution in [0.2, 0.25) is 0 Å². The molecule has 20 heavy (non-hydrogen) atoms. The number of piperidine rings is 1. The number of carbonyl (C=O) groups excluding carboxylic acids is 1. The average molecular weight is 303 g/mol. The van der Waals surface area contributed by atoms with E-state index in [-0.39, 0.29) is 23.5 Å². The molecule has 0 aromatic carbocycles. The van der Waals surface area contributed by atoms with Gasteiger partial charge in [0.25, 0.3) is 0 Å². The number of nitrogens with zero attached hydrogens (tertiary/aromatic N) is 2. The van der Waals surface area contributed by atoms with Crippen LogP contribution in [-0.2, 0) is 14.6 Å². The first-order chi connectivity index (χ1) is 9.39. The molecular formula is C13H25N3O3S. The Balaban J connectivity index is 1.84. The smallest absolute Gasteiger partial charge is 0.236 e. The molecule has 2 aliphatic rings. The van der Waals surface area contributed by atoms with Gasteiger partial charge < -0.3 is 10.2 Å². The van der Waals surface area contributed by atoms with Crippen molar-refractivity contribution in [3.05, 3.63) is 0 Å². The summed E-state index contributed by atoms with van der Waals surface area (Å²) in [5, 5.41) is 3.31. The summed E-state index contributed by atoms with van der Waals surface area (Å²) < 4.78 is 23.0. The van der Waals surface area contributed by atoms with Crippen LogP contribution in [0, 0.1) is 0 Å². The fraction of sp³-hybridized carbons (Fsp3) is 0.923. The molecule has 0 aromatic rings. The maximum Gasteiger partial charge on any atom is 0.236 e. The van der Waals surface area contributed by atoms with Crippen LogP contribution in [0.25, 0.3) is 0 Å². The van der Waals surface area contributed by atoms with Gasteiger partial charge in [0, 0.05) is 19.1 Å². The van der Waals surface area contributed by atoms with E-state index in [1.54, 1.807) is 11.9 Å². The van der Waals surface area contributed by atoms with Gasteiger partial charge in [-0.25, -0.2) is 8.42 Å². The van der Waals surface area contributed by atoms with Crippen molar-refractivity contribution < 1.29 is 13.2 Å². The molecule has 0 aliphatic carbocycles. The lowest BCUT2D eigenvalue weighted by molar-refractivity contribution is -0.133. The van der Waals surface area contributed by atoms with Crippen molar-refractivity contribution in [1.82, 2.24) is 15.1 Å². The molecule has 1 atom stereocenters. The van der Waals surface area contributed by atoms with Crippen molar-refractivity contribution in [3.8, 4) is 0 Å². The van der Waals surface area contributed by atoms with Crippen LogP contribution >= 0.6 is 0 Å². The highest BCUT2D eigenvalue weighted by atomic mass is 32.2.